The van der Waals surface area contributed by atoms with Gasteiger partial charge >= 0.3 is 0 Å². The minimum absolute atomic E-state index is 0.0397. The van der Waals surface area contributed by atoms with Crippen LogP contribution in [-0.2, 0) is 17.8 Å². The average Bonchev–Trinajstić information content (AvgIpc) is 2.95. The molecule has 120 valence electrons. The van der Waals surface area contributed by atoms with Crippen LogP contribution in [0.4, 0.5) is 4.39 Å². The molecule has 1 fully saturated rings. The lowest BCUT2D eigenvalue weighted by atomic mass is 10.1. The van der Waals surface area contributed by atoms with Crippen LogP contribution in [0.1, 0.15) is 17.5 Å². The lowest BCUT2D eigenvalue weighted by Gasteiger charge is -2.17. The number of halogens is 1. The number of likely N-dealkylation sites (tertiary alicyclic amines) is 1. The molecule has 1 N–H and O–H groups in total. The van der Waals surface area contributed by atoms with Crippen molar-refractivity contribution in [1.29, 1.82) is 0 Å². The first kappa shape index (κ1) is 15.7. The van der Waals surface area contributed by atoms with Crippen molar-refractivity contribution in [2.75, 3.05) is 13.1 Å². The second-order valence-electron chi connectivity index (χ2n) is 6.08. The Morgan fingerprint density at radius 1 is 1.13 bits per heavy atom. The van der Waals surface area contributed by atoms with Crippen LogP contribution in [0.5, 0.6) is 0 Å². The first-order chi connectivity index (χ1) is 11.2. The molecule has 1 atom stereocenters. The number of carbonyl (C=O) groups excluding carboxylic acids is 1. The monoisotopic (exact) mass is 312 g/mol. The first-order valence-corrected chi connectivity index (χ1v) is 7.99. The third-order valence-electron chi connectivity index (χ3n) is 4.14. The molecule has 1 amide bonds. The number of amides is 1. The predicted octanol–water partition coefficient (Wildman–Crippen LogP) is 2.76. The van der Waals surface area contributed by atoms with Crippen molar-refractivity contribution >= 4 is 5.91 Å². The molecule has 3 nitrogen and oxygen atoms in total. The summed E-state index contributed by atoms with van der Waals surface area (Å²) < 4.78 is 13.1. The van der Waals surface area contributed by atoms with Crippen LogP contribution in [-0.4, -0.2) is 29.9 Å². The molecule has 23 heavy (non-hydrogen) atoms. The topological polar surface area (TPSA) is 32.3 Å². The largest absolute Gasteiger partial charge is 0.352 e. The highest BCUT2D eigenvalue weighted by molar-refractivity contribution is 5.78. The van der Waals surface area contributed by atoms with Gasteiger partial charge in [0.05, 0.1) is 6.42 Å². The van der Waals surface area contributed by atoms with Crippen LogP contribution in [0.2, 0.25) is 0 Å². The van der Waals surface area contributed by atoms with Crippen molar-refractivity contribution < 1.29 is 9.18 Å². The van der Waals surface area contributed by atoms with E-state index in [4.69, 9.17) is 0 Å². The van der Waals surface area contributed by atoms with Gasteiger partial charge in [0.25, 0.3) is 0 Å². The fraction of sp³-hybridized carbons (Fsp3) is 0.316. The molecule has 0 saturated carbocycles. The Balaban J connectivity index is 1.47. The summed E-state index contributed by atoms with van der Waals surface area (Å²) in [6.07, 6.45) is 1.19. The van der Waals surface area contributed by atoms with Crippen molar-refractivity contribution in [2.24, 2.45) is 0 Å². The Hall–Kier alpha value is -2.20. The number of nitrogens with one attached hydrogen (secondary N) is 1. The van der Waals surface area contributed by atoms with Gasteiger partial charge in [-0.3, -0.25) is 9.69 Å². The van der Waals surface area contributed by atoms with E-state index >= 15 is 0 Å². The van der Waals surface area contributed by atoms with Gasteiger partial charge in [-0.25, -0.2) is 4.39 Å². The van der Waals surface area contributed by atoms with Crippen molar-refractivity contribution in [2.45, 2.75) is 25.4 Å². The number of hydrogen-bond donors (Lipinski definition) is 1. The fourth-order valence-corrected chi connectivity index (χ4v) is 3.05. The van der Waals surface area contributed by atoms with Crippen molar-refractivity contribution in [1.82, 2.24) is 10.2 Å². The van der Waals surface area contributed by atoms with E-state index in [2.05, 4.69) is 22.3 Å². The third kappa shape index (κ3) is 4.63. The maximum Gasteiger partial charge on any atom is 0.224 e. The second-order valence-corrected chi connectivity index (χ2v) is 6.08. The van der Waals surface area contributed by atoms with Gasteiger partial charge in [0.1, 0.15) is 5.82 Å². The van der Waals surface area contributed by atoms with Gasteiger partial charge in [-0.05, 0) is 29.7 Å². The lowest BCUT2D eigenvalue weighted by molar-refractivity contribution is -0.121. The zero-order valence-corrected chi connectivity index (χ0v) is 13.0. The summed E-state index contributed by atoms with van der Waals surface area (Å²) in [7, 11) is 0. The molecule has 0 spiro atoms. The van der Waals surface area contributed by atoms with Crippen LogP contribution >= 0.6 is 0 Å². The highest BCUT2D eigenvalue weighted by atomic mass is 19.1. The summed E-state index contributed by atoms with van der Waals surface area (Å²) in [5.41, 5.74) is 2.00. The van der Waals surface area contributed by atoms with Crippen LogP contribution in [0.15, 0.2) is 54.6 Å². The Morgan fingerprint density at radius 2 is 1.91 bits per heavy atom. The molecule has 1 aliphatic rings. The summed E-state index contributed by atoms with van der Waals surface area (Å²) in [5.74, 6) is -0.340. The van der Waals surface area contributed by atoms with Crippen LogP contribution in [0.25, 0.3) is 0 Å². The van der Waals surface area contributed by atoms with Gasteiger partial charge in [0, 0.05) is 25.7 Å². The third-order valence-corrected chi connectivity index (χ3v) is 4.14. The van der Waals surface area contributed by atoms with Gasteiger partial charge in [0.2, 0.25) is 5.91 Å². The van der Waals surface area contributed by atoms with E-state index in [9.17, 15) is 9.18 Å². The summed E-state index contributed by atoms with van der Waals surface area (Å²) in [5, 5.41) is 3.06. The normalized spacial score (nSPS) is 18.0. The maximum absolute atomic E-state index is 13.1. The average molecular weight is 312 g/mol. The Bertz CT molecular complexity index is 659. The van der Waals surface area contributed by atoms with Gasteiger partial charge in [-0.1, -0.05) is 42.5 Å². The molecule has 1 saturated heterocycles. The molecule has 0 bridgehead atoms. The lowest BCUT2D eigenvalue weighted by Crippen LogP contribution is -2.37. The van der Waals surface area contributed by atoms with Crippen molar-refractivity contribution in [3.8, 4) is 0 Å². The number of benzene rings is 2. The highest BCUT2D eigenvalue weighted by Crippen LogP contribution is 2.14. The zero-order chi connectivity index (χ0) is 16.1. The molecule has 0 radical (unpaired) electrons. The number of hydrogen-bond acceptors (Lipinski definition) is 2. The molecule has 0 unspecified atom stereocenters. The molecule has 0 aromatic heterocycles. The Morgan fingerprint density at radius 3 is 2.70 bits per heavy atom. The molecule has 1 heterocycles. The maximum atomic E-state index is 13.1. The van der Waals surface area contributed by atoms with Crippen molar-refractivity contribution in [3.63, 3.8) is 0 Å². The van der Waals surface area contributed by atoms with E-state index in [0.717, 1.165) is 26.1 Å². The molecule has 4 heteroatoms. The molecule has 0 aliphatic carbocycles. The first-order valence-electron chi connectivity index (χ1n) is 7.99. The predicted molar refractivity (Wildman–Crippen MR) is 88.4 cm³/mol. The van der Waals surface area contributed by atoms with E-state index in [1.54, 1.807) is 12.1 Å². The minimum atomic E-state index is -0.301. The van der Waals surface area contributed by atoms with Gasteiger partial charge in [-0.2, -0.15) is 0 Å². The molecule has 2 aromatic carbocycles. The van der Waals surface area contributed by atoms with Gasteiger partial charge in [0.15, 0.2) is 0 Å². The molecule has 1 aliphatic heterocycles. The molecule has 3 rings (SSSR count). The number of nitrogens with zero attached hydrogens (tertiary/aromatic N) is 1. The Kier molecular flexibility index (Phi) is 5.03. The SMILES string of the molecule is O=C(Cc1cccc(F)c1)N[C@@H]1CCN(Cc2ccccc2)C1. The highest BCUT2D eigenvalue weighted by Gasteiger charge is 2.23. The fourth-order valence-electron chi connectivity index (χ4n) is 3.05. The van der Waals surface area contributed by atoms with E-state index in [1.165, 1.54) is 17.7 Å². The van der Waals surface area contributed by atoms with E-state index < -0.39 is 0 Å². The summed E-state index contributed by atoms with van der Waals surface area (Å²) in [6.45, 7) is 2.76. The quantitative estimate of drug-likeness (QED) is 0.921. The van der Waals surface area contributed by atoms with Crippen molar-refractivity contribution in [3.05, 3.63) is 71.5 Å². The number of carbonyl (C=O) groups is 1. The Labute approximate surface area is 136 Å². The smallest absolute Gasteiger partial charge is 0.224 e. The summed E-state index contributed by atoms with van der Waals surface area (Å²) in [4.78, 5) is 14.4. The minimum Gasteiger partial charge on any atom is -0.352 e. The molecular weight excluding hydrogens is 291 g/mol. The van der Waals surface area contributed by atoms with E-state index in [-0.39, 0.29) is 24.2 Å². The summed E-state index contributed by atoms with van der Waals surface area (Å²) >= 11 is 0. The molecular formula is C19H21FN2O. The standard InChI is InChI=1S/C19H21FN2O/c20-17-8-4-7-16(11-17)12-19(23)21-18-9-10-22(14-18)13-15-5-2-1-3-6-15/h1-8,11,18H,9-10,12-14H2,(H,21,23)/t18-/m1/s1. The zero-order valence-electron chi connectivity index (χ0n) is 13.0. The van der Waals surface area contributed by atoms with E-state index in [1.807, 2.05) is 18.2 Å². The second kappa shape index (κ2) is 7.38. The summed E-state index contributed by atoms with van der Waals surface area (Å²) in [6, 6.07) is 16.7. The van der Waals surface area contributed by atoms with E-state index in [0.29, 0.717) is 5.56 Å². The van der Waals surface area contributed by atoms with Crippen LogP contribution in [0.3, 0.4) is 0 Å². The van der Waals surface area contributed by atoms with Crippen LogP contribution < -0.4 is 5.32 Å². The van der Waals surface area contributed by atoms with Crippen LogP contribution in [0, 0.1) is 5.82 Å². The molecule has 2 aromatic rings. The number of rotatable bonds is 5. The van der Waals surface area contributed by atoms with Gasteiger partial charge < -0.3 is 5.32 Å². The van der Waals surface area contributed by atoms with Gasteiger partial charge in [-0.15, -0.1) is 0 Å².